The molecule has 0 atom stereocenters. The van der Waals surface area contributed by atoms with E-state index in [-0.39, 0.29) is 0 Å². The zero-order valence-electron chi connectivity index (χ0n) is 10.5. The van der Waals surface area contributed by atoms with Gasteiger partial charge < -0.3 is 15.0 Å². The van der Waals surface area contributed by atoms with E-state index in [0.29, 0.717) is 6.04 Å². The molecule has 15 heavy (non-hydrogen) atoms. The predicted molar refractivity (Wildman–Crippen MR) is 64.2 cm³/mol. The lowest BCUT2D eigenvalue weighted by Crippen LogP contribution is -2.45. The van der Waals surface area contributed by atoms with Gasteiger partial charge in [0, 0.05) is 25.8 Å². The second-order valence-electron chi connectivity index (χ2n) is 4.70. The van der Waals surface area contributed by atoms with Crippen molar-refractivity contribution < 1.29 is 4.74 Å². The molecule has 3 nitrogen and oxygen atoms in total. The van der Waals surface area contributed by atoms with E-state index >= 15 is 0 Å². The molecule has 0 bridgehead atoms. The van der Waals surface area contributed by atoms with Gasteiger partial charge in [-0.2, -0.15) is 0 Å². The van der Waals surface area contributed by atoms with Gasteiger partial charge in [-0.25, -0.2) is 0 Å². The van der Waals surface area contributed by atoms with Crippen LogP contribution in [-0.2, 0) is 4.74 Å². The Morgan fingerprint density at radius 3 is 2.53 bits per heavy atom. The molecule has 0 saturated carbocycles. The number of nitrogens with zero attached hydrogens (tertiary/aromatic N) is 1. The molecule has 0 aliphatic carbocycles. The SMILES string of the molecule is COCCCNC1CCN(C(C)C)CC1. The average molecular weight is 214 g/mol. The second kappa shape index (κ2) is 7.20. The van der Waals surface area contributed by atoms with Crippen molar-refractivity contribution in [1.82, 2.24) is 10.2 Å². The van der Waals surface area contributed by atoms with Crippen LogP contribution >= 0.6 is 0 Å². The number of ether oxygens (including phenoxy) is 1. The van der Waals surface area contributed by atoms with E-state index in [1.807, 2.05) is 0 Å². The van der Waals surface area contributed by atoms with Crippen LogP contribution in [0.3, 0.4) is 0 Å². The number of piperidine rings is 1. The molecule has 3 heteroatoms. The van der Waals surface area contributed by atoms with Gasteiger partial charge in [0.25, 0.3) is 0 Å². The molecule has 0 unspecified atom stereocenters. The minimum Gasteiger partial charge on any atom is -0.385 e. The van der Waals surface area contributed by atoms with Crippen LogP contribution in [-0.4, -0.2) is 50.3 Å². The Morgan fingerprint density at radius 2 is 2.00 bits per heavy atom. The summed E-state index contributed by atoms with van der Waals surface area (Å²) in [5.74, 6) is 0. The van der Waals surface area contributed by atoms with Gasteiger partial charge >= 0.3 is 0 Å². The van der Waals surface area contributed by atoms with E-state index in [0.717, 1.165) is 25.6 Å². The van der Waals surface area contributed by atoms with Crippen molar-refractivity contribution in [3.8, 4) is 0 Å². The lowest BCUT2D eigenvalue weighted by atomic mass is 10.0. The summed E-state index contributed by atoms with van der Waals surface area (Å²) in [7, 11) is 1.77. The molecule has 0 aromatic heterocycles. The number of nitrogens with one attached hydrogen (secondary N) is 1. The third kappa shape index (κ3) is 4.96. The van der Waals surface area contributed by atoms with Gasteiger partial charge in [-0.05, 0) is 52.7 Å². The number of methoxy groups -OCH3 is 1. The topological polar surface area (TPSA) is 24.5 Å². The van der Waals surface area contributed by atoms with Crippen LogP contribution in [0, 0.1) is 0 Å². The number of hydrogen-bond donors (Lipinski definition) is 1. The van der Waals surface area contributed by atoms with E-state index in [9.17, 15) is 0 Å². The Hall–Kier alpha value is -0.120. The van der Waals surface area contributed by atoms with Gasteiger partial charge in [-0.15, -0.1) is 0 Å². The highest BCUT2D eigenvalue weighted by atomic mass is 16.5. The highest BCUT2D eigenvalue weighted by Crippen LogP contribution is 2.12. The molecule has 0 spiro atoms. The van der Waals surface area contributed by atoms with Crippen LogP contribution < -0.4 is 5.32 Å². The fraction of sp³-hybridized carbons (Fsp3) is 1.00. The van der Waals surface area contributed by atoms with E-state index in [2.05, 4.69) is 24.1 Å². The number of likely N-dealkylation sites (tertiary alicyclic amines) is 1. The average Bonchev–Trinajstić information content (AvgIpc) is 2.25. The maximum absolute atomic E-state index is 5.03. The molecule has 0 aromatic carbocycles. The van der Waals surface area contributed by atoms with Crippen molar-refractivity contribution in [2.75, 3.05) is 33.4 Å². The summed E-state index contributed by atoms with van der Waals surface area (Å²) < 4.78 is 5.03. The van der Waals surface area contributed by atoms with Gasteiger partial charge in [0.1, 0.15) is 0 Å². The molecule has 1 rings (SSSR count). The van der Waals surface area contributed by atoms with Crippen LogP contribution in [0.25, 0.3) is 0 Å². The van der Waals surface area contributed by atoms with Crippen molar-refractivity contribution in [3.63, 3.8) is 0 Å². The van der Waals surface area contributed by atoms with Crippen molar-refractivity contribution in [2.24, 2.45) is 0 Å². The Morgan fingerprint density at radius 1 is 1.33 bits per heavy atom. The molecule has 1 aliphatic heterocycles. The van der Waals surface area contributed by atoms with Crippen molar-refractivity contribution in [3.05, 3.63) is 0 Å². The van der Waals surface area contributed by atoms with Crippen molar-refractivity contribution in [2.45, 2.75) is 45.2 Å². The molecule has 1 saturated heterocycles. The van der Waals surface area contributed by atoms with E-state index in [1.165, 1.54) is 25.9 Å². The monoisotopic (exact) mass is 214 g/mol. The first-order valence-electron chi connectivity index (χ1n) is 6.20. The van der Waals surface area contributed by atoms with Gasteiger partial charge in [-0.1, -0.05) is 0 Å². The third-order valence-corrected chi connectivity index (χ3v) is 3.22. The minimum absolute atomic E-state index is 0.708. The summed E-state index contributed by atoms with van der Waals surface area (Å²) in [5.41, 5.74) is 0. The number of hydrogen-bond acceptors (Lipinski definition) is 3. The summed E-state index contributed by atoms with van der Waals surface area (Å²) in [5, 5.41) is 3.61. The summed E-state index contributed by atoms with van der Waals surface area (Å²) in [4.78, 5) is 2.56. The highest BCUT2D eigenvalue weighted by molar-refractivity contribution is 4.78. The molecule has 1 aliphatic rings. The van der Waals surface area contributed by atoms with Crippen molar-refractivity contribution in [1.29, 1.82) is 0 Å². The Labute approximate surface area is 94.2 Å². The van der Waals surface area contributed by atoms with Crippen LogP contribution in [0.15, 0.2) is 0 Å². The number of rotatable bonds is 6. The largest absolute Gasteiger partial charge is 0.385 e. The minimum atomic E-state index is 0.708. The molecular weight excluding hydrogens is 188 g/mol. The summed E-state index contributed by atoms with van der Waals surface area (Å²) in [6.07, 6.45) is 3.72. The molecule has 0 amide bonds. The van der Waals surface area contributed by atoms with Crippen molar-refractivity contribution >= 4 is 0 Å². The first kappa shape index (κ1) is 12.9. The molecular formula is C12H26N2O. The normalized spacial score (nSPS) is 20.0. The quantitative estimate of drug-likeness (QED) is 0.678. The molecule has 90 valence electrons. The Kier molecular flexibility index (Phi) is 6.22. The van der Waals surface area contributed by atoms with Gasteiger partial charge in [0.15, 0.2) is 0 Å². The zero-order valence-corrected chi connectivity index (χ0v) is 10.5. The molecule has 1 fully saturated rings. The van der Waals surface area contributed by atoms with Gasteiger partial charge in [0.05, 0.1) is 0 Å². The first-order valence-corrected chi connectivity index (χ1v) is 6.20. The van der Waals surface area contributed by atoms with E-state index < -0.39 is 0 Å². The third-order valence-electron chi connectivity index (χ3n) is 3.22. The van der Waals surface area contributed by atoms with Crippen LogP contribution in [0.2, 0.25) is 0 Å². The Balaban J connectivity index is 2.04. The predicted octanol–water partition coefficient (Wildman–Crippen LogP) is 1.49. The first-order chi connectivity index (χ1) is 7.24. The Bertz CT molecular complexity index is 154. The van der Waals surface area contributed by atoms with Crippen LogP contribution in [0.5, 0.6) is 0 Å². The zero-order chi connectivity index (χ0) is 11.1. The van der Waals surface area contributed by atoms with Crippen LogP contribution in [0.1, 0.15) is 33.1 Å². The molecule has 1 N–H and O–H groups in total. The molecule has 0 radical (unpaired) electrons. The maximum Gasteiger partial charge on any atom is 0.0474 e. The summed E-state index contributed by atoms with van der Waals surface area (Å²) >= 11 is 0. The van der Waals surface area contributed by atoms with Gasteiger partial charge in [0.2, 0.25) is 0 Å². The molecule has 1 heterocycles. The highest BCUT2D eigenvalue weighted by Gasteiger charge is 2.19. The standard InChI is InChI=1S/C12H26N2O/c1-11(2)14-8-5-12(6-9-14)13-7-4-10-15-3/h11-13H,4-10H2,1-3H3. The lowest BCUT2D eigenvalue weighted by molar-refractivity contribution is 0.157. The molecule has 0 aromatic rings. The van der Waals surface area contributed by atoms with Gasteiger partial charge in [-0.3, -0.25) is 0 Å². The fourth-order valence-electron chi connectivity index (χ4n) is 2.14. The van der Waals surface area contributed by atoms with E-state index in [1.54, 1.807) is 7.11 Å². The maximum atomic E-state index is 5.03. The fourth-order valence-corrected chi connectivity index (χ4v) is 2.14. The summed E-state index contributed by atoms with van der Waals surface area (Å²) in [6, 6.07) is 1.44. The smallest absolute Gasteiger partial charge is 0.0474 e. The summed E-state index contributed by atoms with van der Waals surface area (Å²) in [6.45, 7) is 9.04. The van der Waals surface area contributed by atoms with E-state index in [4.69, 9.17) is 4.74 Å². The lowest BCUT2D eigenvalue weighted by Gasteiger charge is -2.35. The second-order valence-corrected chi connectivity index (χ2v) is 4.70. The van der Waals surface area contributed by atoms with Crippen LogP contribution in [0.4, 0.5) is 0 Å².